The van der Waals surface area contributed by atoms with E-state index in [2.05, 4.69) is 20.4 Å². The van der Waals surface area contributed by atoms with Gasteiger partial charge in [0.25, 0.3) is 0 Å². The van der Waals surface area contributed by atoms with Crippen LogP contribution in [0.2, 0.25) is 0 Å². The second kappa shape index (κ2) is 3.56. The summed E-state index contributed by atoms with van der Waals surface area (Å²) in [6.07, 6.45) is -3.20. The molecule has 5 nitrogen and oxygen atoms in total. The number of aromatic nitrogens is 3. The molecular formula is C8H6F3N5. The minimum atomic E-state index is -4.62. The lowest BCUT2D eigenvalue weighted by atomic mass is 10.3. The summed E-state index contributed by atoms with van der Waals surface area (Å²) < 4.78 is 37.3. The van der Waals surface area contributed by atoms with Crippen LogP contribution in [0.3, 0.4) is 0 Å². The second-order valence-corrected chi connectivity index (χ2v) is 2.91. The maximum absolute atomic E-state index is 12.4. The van der Waals surface area contributed by atoms with Gasteiger partial charge in [-0.15, -0.1) is 0 Å². The molecule has 0 amide bonds. The molecule has 2 heterocycles. The highest BCUT2D eigenvalue weighted by Gasteiger charge is 2.35. The van der Waals surface area contributed by atoms with E-state index in [0.717, 1.165) is 0 Å². The molecule has 16 heavy (non-hydrogen) atoms. The molecule has 0 spiro atoms. The fourth-order valence-corrected chi connectivity index (χ4v) is 1.19. The molecule has 0 atom stereocenters. The molecule has 0 aromatic carbocycles. The summed E-state index contributed by atoms with van der Waals surface area (Å²) in [7, 11) is 0. The molecule has 0 radical (unpaired) electrons. The number of hydrogen-bond donors (Lipinski definition) is 2. The number of halogens is 3. The van der Waals surface area contributed by atoms with Gasteiger partial charge in [-0.3, -0.25) is 4.98 Å². The van der Waals surface area contributed by atoms with E-state index in [9.17, 15) is 13.2 Å². The number of pyridine rings is 1. The number of nitrogens with two attached hydrogens (primary N) is 1. The zero-order chi connectivity index (χ0) is 11.8. The minimum absolute atomic E-state index is 0.0813. The smallest absolute Gasteiger partial charge is 0.307 e. The number of alkyl halides is 3. The van der Waals surface area contributed by atoms with E-state index in [-0.39, 0.29) is 16.9 Å². The Bertz CT molecular complexity index is 525. The molecule has 0 saturated heterocycles. The normalized spacial score (nSPS) is 11.8. The van der Waals surface area contributed by atoms with Gasteiger partial charge in [-0.2, -0.15) is 13.2 Å². The molecule has 0 saturated carbocycles. The van der Waals surface area contributed by atoms with E-state index in [0.29, 0.717) is 0 Å². The van der Waals surface area contributed by atoms with Crippen molar-refractivity contribution < 1.29 is 13.2 Å². The molecule has 0 aliphatic carbocycles. The first-order valence-electron chi connectivity index (χ1n) is 4.19. The summed E-state index contributed by atoms with van der Waals surface area (Å²) in [5.41, 5.74) is 2.34. The van der Waals surface area contributed by atoms with Crippen LogP contribution in [0.15, 0.2) is 18.3 Å². The molecule has 84 valence electrons. The number of hydrazine groups is 1. The van der Waals surface area contributed by atoms with Crippen LogP contribution in [0.25, 0.3) is 11.0 Å². The van der Waals surface area contributed by atoms with Gasteiger partial charge >= 0.3 is 6.18 Å². The molecule has 0 unspecified atom stereocenters. The lowest BCUT2D eigenvalue weighted by Crippen LogP contribution is -2.16. The largest absolute Gasteiger partial charge is 0.451 e. The van der Waals surface area contributed by atoms with Gasteiger partial charge in [0, 0.05) is 6.20 Å². The average molecular weight is 229 g/mol. The highest BCUT2D eigenvalue weighted by Crippen LogP contribution is 2.29. The molecular weight excluding hydrogens is 223 g/mol. The third-order valence-electron chi connectivity index (χ3n) is 1.85. The van der Waals surface area contributed by atoms with Crippen molar-refractivity contribution in [2.24, 2.45) is 5.84 Å². The maximum atomic E-state index is 12.4. The van der Waals surface area contributed by atoms with Crippen LogP contribution in [-0.2, 0) is 6.18 Å². The number of rotatable bonds is 1. The molecule has 0 aliphatic rings. The van der Waals surface area contributed by atoms with Gasteiger partial charge in [0.05, 0.1) is 5.52 Å². The summed E-state index contributed by atoms with van der Waals surface area (Å²) in [6.45, 7) is 0. The molecule has 2 rings (SSSR count). The van der Waals surface area contributed by atoms with Gasteiger partial charge in [0.2, 0.25) is 5.82 Å². The van der Waals surface area contributed by atoms with Crippen LogP contribution < -0.4 is 11.3 Å². The molecule has 2 aromatic rings. The number of hydrogen-bond acceptors (Lipinski definition) is 5. The van der Waals surface area contributed by atoms with E-state index >= 15 is 0 Å². The fourth-order valence-electron chi connectivity index (χ4n) is 1.19. The van der Waals surface area contributed by atoms with E-state index in [1.54, 1.807) is 0 Å². The highest BCUT2D eigenvalue weighted by molar-refractivity contribution is 5.84. The predicted octanol–water partition coefficient (Wildman–Crippen LogP) is 1.33. The molecule has 0 fully saturated rings. The quantitative estimate of drug-likeness (QED) is 0.569. The number of nitrogens with zero attached hydrogens (tertiary/aromatic N) is 3. The Morgan fingerprint density at radius 2 is 2.00 bits per heavy atom. The third kappa shape index (κ3) is 1.74. The van der Waals surface area contributed by atoms with Crippen LogP contribution in [-0.4, -0.2) is 15.0 Å². The van der Waals surface area contributed by atoms with Crippen LogP contribution in [0.1, 0.15) is 5.82 Å². The Morgan fingerprint density at radius 1 is 1.25 bits per heavy atom. The lowest BCUT2D eigenvalue weighted by molar-refractivity contribution is -0.144. The van der Waals surface area contributed by atoms with E-state index < -0.39 is 12.0 Å². The summed E-state index contributed by atoms with van der Waals surface area (Å²) in [5, 5.41) is 0. The fraction of sp³-hybridized carbons (Fsp3) is 0.125. The van der Waals surface area contributed by atoms with Crippen molar-refractivity contribution in [1.82, 2.24) is 15.0 Å². The van der Waals surface area contributed by atoms with Crippen molar-refractivity contribution in [3.8, 4) is 0 Å². The van der Waals surface area contributed by atoms with E-state index in [1.165, 1.54) is 18.3 Å². The van der Waals surface area contributed by atoms with E-state index in [4.69, 9.17) is 5.84 Å². The summed E-state index contributed by atoms with van der Waals surface area (Å²) >= 11 is 0. The number of nitrogens with one attached hydrogen (secondary N) is 1. The van der Waals surface area contributed by atoms with Crippen LogP contribution in [0.5, 0.6) is 0 Å². The molecule has 2 aromatic heterocycles. The van der Waals surface area contributed by atoms with Gasteiger partial charge in [-0.05, 0) is 12.1 Å². The first-order valence-corrected chi connectivity index (χ1v) is 4.19. The number of fused-ring (bicyclic) bond motifs is 1. The van der Waals surface area contributed by atoms with E-state index in [1.807, 2.05) is 0 Å². The van der Waals surface area contributed by atoms with Gasteiger partial charge in [-0.1, -0.05) is 0 Å². The van der Waals surface area contributed by atoms with Crippen LogP contribution in [0, 0.1) is 0 Å². The topological polar surface area (TPSA) is 76.7 Å². The Labute approximate surface area is 87.5 Å². The summed E-state index contributed by atoms with van der Waals surface area (Å²) in [6, 6.07) is 2.88. The monoisotopic (exact) mass is 229 g/mol. The zero-order valence-corrected chi connectivity index (χ0v) is 7.78. The number of nitrogen functional groups attached to an aromatic ring is 1. The minimum Gasteiger partial charge on any atom is -0.307 e. The Hall–Kier alpha value is -1.96. The van der Waals surface area contributed by atoms with Gasteiger partial charge < -0.3 is 5.43 Å². The maximum Gasteiger partial charge on any atom is 0.451 e. The van der Waals surface area contributed by atoms with Gasteiger partial charge in [-0.25, -0.2) is 15.8 Å². The molecule has 3 N–H and O–H groups in total. The average Bonchev–Trinajstić information content (AvgIpc) is 2.26. The van der Waals surface area contributed by atoms with Gasteiger partial charge in [0.15, 0.2) is 5.82 Å². The third-order valence-corrected chi connectivity index (χ3v) is 1.85. The summed E-state index contributed by atoms with van der Waals surface area (Å²) in [4.78, 5) is 10.5. The van der Waals surface area contributed by atoms with Crippen molar-refractivity contribution in [2.45, 2.75) is 6.18 Å². The molecule has 0 aliphatic heterocycles. The molecule has 8 heteroatoms. The highest BCUT2D eigenvalue weighted by atomic mass is 19.4. The second-order valence-electron chi connectivity index (χ2n) is 2.91. The standard InChI is InChI=1S/C8H6F3N5/c9-8(10,11)7-14-4-2-1-3-13-5(4)6(15-7)16-12/h1-3H,12H2,(H,14,15,16). The zero-order valence-electron chi connectivity index (χ0n) is 7.78. The Morgan fingerprint density at radius 3 is 2.62 bits per heavy atom. The first kappa shape index (κ1) is 10.6. The van der Waals surface area contributed by atoms with Gasteiger partial charge in [0.1, 0.15) is 5.52 Å². The van der Waals surface area contributed by atoms with Crippen molar-refractivity contribution in [2.75, 3.05) is 5.43 Å². The van der Waals surface area contributed by atoms with Crippen molar-refractivity contribution in [1.29, 1.82) is 0 Å². The summed E-state index contributed by atoms with van der Waals surface area (Å²) in [5.74, 6) is 3.68. The van der Waals surface area contributed by atoms with Crippen molar-refractivity contribution in [3.63, 3.8) is 0 Å². The SMILES string of the molecule is NNc1nc(C(F)(F)F)nc2cccnc12. The molecule has 0 bridgehead atoms. The Balaban J connectivity index is 2.73. The first-order chi connectivity index (χ1) is 7.52. The van der Waals surface area contributed by atoms with Crippen molar-refractivity contribution >= 4 is 16.9 Å². The van der Waals surface area contributed by atoms with Crippen molar-refractivity contribution in [3.05, 3.63) is 24.2 Å². The lowest BCUT2D eigenvalue weighted by Gasteiger charge is -2.08. The number of anilines is 1. The Kier molecular flexibility index (Phi) is 2.35. The predicted molar refractivity (Wildman–Crippen MR) is 50.1 cm³/mol. The van der Waals surface area contributed by atoms with Crippen LogP contribution in [0.4, 0.5) is 19.0 Å². The van der Waals surface area contributed by atoms with Crippen LogP contribution >= 0.6 is 0 Å².